The van der Waals surface area contributed by atoms with Crippen LogP contribution in [-0.2, 0) is 17.8 Å². The molecule has 2 unspecified atom stereocenters. The average Bonchev–Trinajstić information content (AvgIpc) is 3.08. The van der Waals surface area contributed by atoms with E-state index in [0.29, 0.717) is 24.4 Å². The number of fused-ring (bicyclic) bond motifs is 3. The van der Waals surface area contributed by atoms with Crippen LogP contribution in [0.4, 0.5) is 5.13 Å². The van der Waals surface area contributed by atoms with E-state index in [1.165, 1.54) is 23.4 Å². The Kier molecular flexibility index (Phi) is 4.39. The van der Waals surface area contributed by atoms with E-state index in [4.69, 9.17) is 0 Å². The number of carbonyl (C=O) groups excluding carboxylic acids is 1. The molecule has 3 aliphatic rings. The van der Waals surface area contributed by atoms with Gasteiger partial charge >= 0.3 is 0 Å². The van der Waals surface area contributed by atoms with Crippen molar-refractivity contribution in [3.63, 3.8) is 0 Å². The van der Waals surface area contributed by atoms with Gasteiger partial charge in [0.1, 0.15) is 0 Å². The molecule has 2 bridgehead atoms. The molecule has 126 valence electrons. The Bertz CT molecular complexity index is 575. The molecule has 2 fully saturated rings. The van der Waals surface area contributed by atoms with E-state index >= 15 is 0 Å². The van der Waals surface area contributed by atoms with Gasteiger partial charge in [0.25, 0.3) is 0 Å². The number of thiazole rings is 1. The van der Waals surface area contributed by atoms with E-state index in [9.17, 15) is 4.79 Å². The molecule has 23 heavy (non-hydrogen) atoms. The summed E-state index contributed by atoms with van der Waals surface area (Å²) in [7, 11) is 0. The summed E-state index contributed by atoms with van der Waals surface area (Å²) in [5.41, 5.74) is 1.19. The molecule has 3 aliphatic heterocycles. The maximum absolute atomic E-state index is 12.4. The Hall–Kier alpha value is -0.980. The topological polar surface area (TPSA) is 57.3 Å². The van der Waals surface area contributed by atoms with Crippen molar-refractivity contribution in [1.29, 1.82) is 0 Å². The highest BCUT2D eigenvalue weighted by atomic mass is 32.1. The number of nitrogens with one attached hydrogen (secondary N) is 2. The van der Waals surface area contributed by atoms with Crippen molar-refractivity contribution >= 4 is 22.4 Å². The van der Waals surface area contributed by atoms with E-state index in [1.54, 1.807) is 11.3 Å². The lowest BCUT2D eigenvalue weighted by Crippen LogP contribution is -2.39. The summed E-state index contributed by atoms with van der Waals surface area (Å²) in [5, 5.41) is 7.50. The normalized spacial score (nSPS) is 30.2. The molecule has 0 aliphatic carbocycles. The van der Waals surface area contributed by atoms with E-state index in [0.717, 1.165) is 44.0 Å². The average molecular weight is 334 g/mol. The number of nitrogens with zero attached hydrogens (tertiary/aromatic N) is 2. The second-order valence-corrected chi connectivity index (χ2v) is 8.32. The van der Waals surface area contributed by atoms with Crippen LogP contribution in [0.2, 0.25) is 0 Å². The summed E-state index contributed by atoms with van der Waals surface area (Å²) in [6.07, 6.45) is 6.55. The van der Waals surface area contributed by atoms with Crippen LogP contribution in [0.3, 0.4) is 0 Å². The van der Waals surface area contributed by atoms with Gasteiger partial charge in [0.2, 0.25) is 5.91 Å². The zero-order chi connectivity index (χ0) is 15.8. The van der Waals surface area contributed by atoms with Crippen molar-refractivity contribution in [2.45, 2.75) is 64.1 Å². The molecule has 2 atom stereocenters. The molecule has 0 radical (unpaired) electrons. The van der Waals surface area contributed by atoms with Crippen LogP contribution in [0.5, 0.6) is 0 Å². The maximum atomic E-state index is 12.4. The summed E-state index contributed by atoms with van der Waals surface area (Å²) in [6.45, 7) is 5.34. The zero-order valence-corrected chi connectivity index (χ0v) is 14.6. The summed E-state index contributed by atoms with van der Waals surface area (Å²) >= 11 is 1.66. The number of anilines is 1. The standard InChI is InChI=1S/C17H26N4OS/c1-2-21-6-5-14-15(10-21)23-17(19-14)20-16(22)9-11-7-12-3-4-13(8-11)18-12/h11-13,18H,2-10H2,1H3,(H,19,20,22). The van der Waals surface area contributed by atoms with Crippen molar-refractivity contribution in [2.75, 3.05) is 18.4 Å². The van der Waals surface area contributed by atoms with Gasteiger partial charge in [0.15, 0.2) is 5.13 Å². The molecule has 6 heteroatoms. The molecule has 0 saturated carbocycles. The lowest BCUT2D eigenvalue weighted by Gasteiger charge is -2.28. The van der Waals surface area contributed by atoms with Crippen LogP contribution in [0.25, 0.3) is 0 Å². The predicted molar refractivity (Wildman–Crippen MR) is 92.7 cm³/mol. The third-order valence-electron chi connectivity index (χ3n) is 5.55. The minimum atomic E-state index is 0.148. The van der Waals surface area contributed by atoms with Gasteiger partial charge in [-0.25, -0.2) is 4.98 Å². The lowest BCUT2D eigenvalue weighted by atomic mass is 9.89. The van der Waals surface area contributed by atoms with Crippen molar-refractivity contribution in [1.82, 2.24) is 15.2 Å². The van der Waals surface area contributed by atoms with Gasteiger partial charge in [-0.3, -0.25) is 9.69 Å². The third kappa shape index (κ3) is 3.44. The first kappa shape index (κ1) is 15.5. The molecular weight excluding hydrogens is 308 g/mol. The fourth-order valence-electron chi connectivity index (χ4n) is 4.35. The molecule has 1 amide bonds. The van der Waals surface area contributed by atoms with Crippen molar-refractivity contribution in [3.8, 4) is 0 Å². The molecule has 0 spiro atoms. The Balaban J connectivity index is 1.33. The molecule has 4 heterocycles. The number of amides is 1. The van der Waals surface area contributed by atoms with E-state index < -0.39 is 0 Å². The Morgan fingerprint density at radius 3 is 2.91 bits per heavy atom. The minimum Gasteiger partial charge on any atom is -0.311 e. The monoisotopic (exact) mass is 334 g/mol. The highest BCUT2D eigenvalue weighted by Gasteiger charge is 2.34. The number of likely N-dealkylation sites (N-methyl/N-ethyl adjacent to an activating group) is 1. The van der Waals surface area contributed by atoms with Crippen molar-refractivity contribution in [2.24, 2.45) is 5.92 Å². The molecule has 5 nitrogen and oxygen atoms in total. The molecule has 2 N–H and O–H groups in total. The van der Waals surface area contributed by atoms with Crippen LogP contribution >= 0.6 is 11.3 Å². The van der Waals surface area contributed by atoms with Gasteiger partial charge in [0, 0.05) is 42.9 Å². The van der Waals surface area contributed by atoms with Gasteiger partial charge in [-0.05, 0) is 38.1 Å². The fourth-order valence-corrected chi connectivity index (χ4v) is 5.41. The number of hydrogen-bond acceptors (Lipinski definition) is 5. The number of rotatable bonds is 4. The smallest absolute Gasteiger partial charge is 0.226 e. The second kappa shape index (κ2) is 6.49. The van der Waals surface area contributed by atoms with Gasteiger partial charge in [-0.15, -0.1) is 11.3 Å². The Labute approximate surface area is 141 Å². The Morgan fingerprint density at radius 1 is 1.39 bits per heavy atom. The second-order valence-electron chi connectivity index (χ2n) is 7.24. The van der Waals surface area contributed by atoms with Crippen LogP contribution < -0.4 is 10.6 Å². The van der Waals surface area contributed by atoms with Gasteiger partial charge in [-0.1, -0.05) is 6.92 Å². The number of aromatic nitrogens is 1. The first-order chi connectivity index (χ1) is 11.2. The first-order valence-electron chi connectivity index (χ1n) is 8.96. The fraction of sp³-hybridized carbons (Fsp3) is 0.765. The van der Waals surface area contributed by atoms with Crippen molar-refractivity contribution < 1.29 is 4.79 Å². The third-order valence-corrected chi connectivity index (χ3v) is 6.55. The summed E-state index contributed by atoms with van der Waals surface area (Å²) in [4.78, 5) is 20.8. The summed E-state index contributed by atoms with van der Waals surface area (Å²) in [6, 6.07) is 1.30. The van der Waals surface area contributed by atoms with Crippen LogP contribution in [0.1, 0.15) is 49.6 Å². The first-order valence-corrected chi connectivity index (χ1v) is 9.78. The molecule has 1 aromatic heterocycles. The molecule has 2 saturated heterocycles. The molecule has 4 rings (SSSR count). The molecule has 0 aromatic carbocycles. The quantitative estimate of drug-likeness (QED) is 0.888. The summed E-state index contributed by atoms with van der Waals surface area (Å²) < 4.78 is 0. The van der Waals surface area contributed by atoms with Crippen molar-refractivity contribution in [3.05, 3.63) is 10.6 Å². The highest BCUT2D eigenvalue weighted by molar-refractivity contribution is 7.15. The highest BCUT2D eigenvalue weighted by Crippen LogP contribution is 2.33. The maximum Gasteiger partial charge on any atom is 0.226 e. The lowest BCUT2D eigenvalue weighted by molar-refractivity contribution is -0.117. The largest absolute Gasteiger partial charge is 0.311 e. The van der Waals surface area contributed by atoms with E-state index in [2.05, 4.69) is 27.4 Å². The van der Waals surface area contributed by atoms with Crippen LogP contribution in [-0.4, -0.2) is 41.0 Å². The SMILES string of the molecule is CCN1CCc2nc(NC(=O)CC3CC4CCC(C3)N4)sc2C1. The van der Waals surface area contributed by atoms with Gasteiger partial charge in [0.05, 0.1) is 5.69 Å². The van der Waals surface area contributed by atoms with E-state index in [-0.39, 0.29) is 5.91 Å². The van der Waals surface area contributed by atoms with Gasteiger partial charge in [-0.2, -0.15) is 0 Å². The predicted octanol–water partition coefficient (Wildman–Crippen LogP) is 2.38. The minimum absolute atomic E-state index is 0.148. The van der Waals surface area contributed by atoms with Crippen LogP contribution in [0, 0.1) is 5.92 Å². The molecular formula is C17H26N4OS. The summed E-state index contributed by atoms with van der Waals surface area (Å²) in [5.74, 6) is 0.689. The number of hydrogen-bond donors (Lipinski definition) is 2. The molecule has 1 aromatic rings. The van der Waals surface area contributed by atoms with E-state index in [1.807, 2.05) is 0 Å². The van der Waals surface area contributed by atoms with Crippen LogP contribution in [0.15, 0.2) is 0 Å². The number of piperidine rings is 1. The number of carbonyl (C=O) groups is 1. The Morgan fingerprint density at radius 2 is 2.17 bits per heavy atom. The van der Waals surface area contributed by atoms with Gasteiger partial charge < -0.3 is 10.6 Å². The zero-order valence-electron chi connectivity index (χ0n) is 13.8.